The maximum atomic E-state index is 12.5. The molecule has 0 spiro atoms. The summed E-state index contributed by atoms with van der Waals surface area (Å²) in [4.78, 5) is 2.39. The molecule has 0 radical (unpaired) electrons. The maximum absolute atomic E-state index is 12.5. The van der Waals surface area contributed by atoms with Gasteiger partial charge >= 0.3 is 0 Å². The van der Waals surface area contributed by atoms with E-state index in [9.17, 15) is 8.42 Å². The molecular formula is C19H31N3O2S. The highest BCUT2D eigenvalue weighted by molar-refractivity contribution is 7.87. The molecule has 2 aliphatic rings. The van der Waals surface area contributed by atoms with Crippen LogP contribution in [-0.2, 0) is 10.2 Å². The van der Waals surface area contributed by atoms with Gasteiger partial charge in [0.2, 0.25) is 0 Å². The van der Waals surface area contributed by atoms with Crippen molar-refractivity contribution < 1.29 is 8.42 Å². The molecule has 2 aliphatic heterocycles. The van der Waals surface area contributed by atoms with Crippen LogP contribution in [0.4, 0.5) is 0 Å². The summed E-state index contributed by atoms with van der Waals surface area (Å²) in [5.74, 6) is 0.567. The number of benzene rings is 1. The number of rotatable bonds is 6. The molecular weight excluding hydrogens is 334 g/mol. The van der Waals surface area contributed by atoms with Crippen LogP contribution in [-0.4, -0.2) is 56.9 Å². The van der Waals surface area contributed by atoms with Gasteiger partial charge in [-0.1, -0.05) is 43.2 Å². The first kappa shape index (κ1) is 18.8. The standard InChI is InChI=1S/C19H31N3O2S/c23-25(24,22-14-6-1-2-7-15-22)20-12-16-21-13-8-11-19(17-21)18-9-4-3-5-10-18/h3-5,9-10,19-20H,1-2,6-8,11-17H2/t19-/m0/s1. The molecule has 0 aliphatic carbocycles. The summed E-state index contributed by atoms with van der Waals surface area (Å²) in [5, 5.41) is 0. The van der Waals surface area contributed by atoms with Gasteiger partial charge in [0.15, 0.2) is 0 Å². The molecule has 6 heteroatoms. The average Bonchev–Trinajstić information content (AvgIpc) is 2.93. The number of likely N-dealkylation sites (tertiary alicyclic amines) is 1. The van der Waals surface area contributed by atoms with Crippen molar-refractivity contribution in [2.24, 2.45) is 0 Å². The van der Waals surface area contributed by atoms with E-state index >= 15 is 0 Å². The fourth-order valence-corrected chi connectivity index (χ4v) is 5.23. The Morgan fingerprint density at radius 2 is 1.68 bits per heavy atom. The smallest absolute Gasteiger partial charge is 0.279 e. The van der Waals surface area contributed by atoms with E-state index in [0.717, 1.165) is 45.3 Å². The molecule has 0 unspecified atom stereocenters. The lowest BCUT2D eigenvalue weighted by Crippen LogP contribution is -2.45. The van der Waals surface area contributed by atoms with Gasteiger partial charge in [-0.25, -0.2) is 4.72 Å². The number of piperidine rings is 1. The van der Waals surface area contributed by atoms with Crippen LogP contribution in [0.5, 0.6) is 0 Å². The number of nitrogens with zero attached hydrogens (tertiary/aromatic N) is 2. The van der Waals surface area contributed by atoms with Crippen molar-refractivity contribution in [1.82, 2.24) is 13.9 Å². The lowest BCUT2D eigenvalue weighted by Gasteiger charge is -2.33. The SMILES string of the molecule is O=S(=O)(NCCN1CCC[C@H](c2ccccc2)C1)N1CCCCCC1. The van der Waals surface area contributed by atoms with Gasteiger partial charge < -0.3 is 4.90 Å². The largest absolute Gasteiger partial charge is 0.301 e. The van der Waals surface area contributed by atoms with Crippen LogP contribution in [0.1, 0.15) is 50.0 Å². The summed E-state index contributed by atoms with van der Waals surface area (Å²) in [6, 6.07) is 10.7. The van der Waals surface area contributed by atoms with Gasteiger partial charge in [-0.15, -0.1) is 0 Å². The maximum Gasteiger partial charge on any atom is 0.279 e. The van der Waals surface area contributed by atoms with Crippen LogP contribution in [0.25, 0.3) is 0 Å². The van der Waals surface area contributed by atoms with Crippen molar-refractivity contribution in [2.75, 3.05) is 39.3 Å². The molecule has 2 saturated heterocycles. The fraction of sp³-hybridized carbons (Fsp3) is 0.684. The summed E-state index contributed by atoms with van der Waals surface area (Å²) in [7, 11) is -3.32. The molecule has 0 aromatic heterocycles. The Morgan fingerprint density at radius 3 is 2.40 bits per heavy atom. The number of nitrogens with one attached hydrogen (secondary N) is 1. The van der Waals surface area contributed by atoms with Crippen LogP contribution in [0.2, 0.25) is 0 Å². The predicted octanol–water partition coefficient (Wildman–Crippen LogP) is 2.58. The Bertz CT molecular complexity index is 613. The molecule has 0 bridgehead atoms. The second-order valence-corrected chi connectivity index (χ2v) is 9.02. The molecule has 25 heavy (non-hydrogen) atoms. The van der Waals surface area contributed by atoms with Crippen molar-refractivity contribution in [3.05, 3.63) is 35.9 Å². The fourth-order valence-electron chi connectivity index (χ4n) is 3.96. The zero-order chi connectivity index (χ0) is 17.5. The highest BCUT2D eigenvalue weighted by atomic mass is 32.2. The zero-order valence-electron chi connectivity index (χ0n) is 15.1. The molecule has 1 aromatic rings. The Labute approximate surface area is 152 Å². The van der Waals surface area contributed by atoms with E-state index < -0.39 is 10.2 Å². The summed E-state index contributed by atoms with van der Waals surface area (Å²) in [5.41, 5.74) is 1.40. The Kier molecular flexibility index (Phi) is 6.87. The summed E-state index contributed by atoms with van der Waals surface area (Å²) in [6.45, 7) is 4.70. The third-order valence-electron chi connectivity index (χ3n) is 5.39. The third-order valence-corrected chi connectivity index (χ3v) is 7.01. The van der Waals surface area contributed by atoms with Gasteiger partial charge in [0, 0.05) is 32.7 Å². The topological polar surface area (TPSA) is 52.7 Å². The van der Waals surface area contributed by atoms with Crippen LogP contribution < -0.4 is 4.72 Å². The number of hydrogen-bond acceptors (Lipinski definition) is 3. The minimum Gasteiger partial charge on any atom is -0.301 e. The van der Waals surface area contributed by atoms with Crippen LogP contribution in [0, 0.1) is 0 Å². The second-order valence-electron chi connectivity index (χ2n) is 7.26. The molecule has 1 aromatic carbocycles. The van der Waals surface area contributed by atoms with E-state index in [0.29, 0.717) is 25.6 Å². The molecule has 1 N–H and O–H groups in total. The molecule has 3 rings (SSSR count). The normalized spacial score (nSPS) is 24.1. The van der Waals surface area contributed by atoms with E-state index in [-0.39, 0.29) is 0 Å². The Morgan fingerprint density at radius 1 is 0.960 bits per heavy atom. The molecule has 2 heterocycles. The molecule has 0 saturated carbocycles. The number of hydrogen-bond donors (Lipinski definition) is 1. The quantitative estimate of drug-likeness (QED) is 0.843. The van der Waals surface area contributed by atoms with Crippen LogP contribution >= 0.6 is 0 Å². The summed E-state index contributed by atoms with van der Waals surface area (Å²) < 4.78 is 29.4. The molecule has 5 nitrogen and oxygen atoms in total. The van der Waals surface area contributed by atoms with Crippen LogP contribution in [0.3, 0.4) is 0 Å². The predicted molar refractivity (Wildman–Crippen MR) is 102 cm³/mol. The monoisotopic (exact) mass is 365 g/mol. The Hall–Kier alpha value is -0.950. The van der Waals surface area contributed by atoms with Gasteiger partial charge in [0.1, 0.15) is 0 Å². The lowest BCUT2D eigenvalue weighted by molar-refractivity contribution is 0.211. The third kappa shape index (κ3) is 5.51. The van der Waals surface area contributed by atoms with Crippen molar-refractivity contribution in [3.63, 3.8) is 0 Å². The van der Waals surface area contributed by atoms with Gasteiger partial charge in [0.25, 0.3) is 10.2 Å². The van der Waals surface area contributed by atoms with Crippen molar-refractivity contribution in [3.8, 4) is 0 Å². The van der Waals surface area contributed by atoms with Crippen molar-refractivity contribution in [1.29, 1.82) is 0 Å². The van der Waals surface area contributed by atoms with E-state index in [1.807, 2.05) is 0 Å². The Balaban J connectivity index is 1.46. The minimum absolute atomic E-state index is 0.500. The van der Waals surface area contributed by atoms with Crippen molar-refractivity contribution >= 4 is 10.2 Å². The minimum atomic E-state index is -3.32. The highest BCUT2D eigenvalue weighted by Crippen LogP contribution is 2.26. The first-order chi connectivity index (χ1) is 12.1. The van der Waals surface area contributed by atoms with E-state index in [2.05, 4.69) is 40.0 Å². The van der Waals surface area contributed by atoms with E-state index in [1.165, 1.54) is 18.4 Å². The summed E-state index contributed by atoms with van der Waals surface area (Å²) >= 11 is 0. The molecule has 1 atom stereocenters. The van der Waals surface area contributed by atoms with Gasteiger partial charge in [-0.05, 0) is 43.7 Å². The van der Waals surface area contributed by atoms with Crippen molar-refractivity contribution in [2.45, 2.75) is 44.4 Å². The van der Waals surface area contributed by atoms with Crippen LogP contribution in [0.15, 0.2) is 30.3 Å². The molecule has 140 valence electrons. The lowest BCUT2D eigenvalue weighted by atomic mass is 9.91. The van der Waals surface area contributed by atoms with Gasteiger partial charge in [-0.2, -0.15) is 12.7 Å². The highest BCUT2D eigenvalue weighted by Gasteiger charge is 2.24. The van der Waals surface area contributed by atoms with Gasteiger partial charge in [-0.3, -0.25) is 0 Å². The molecule has 2 fully saturated rings. The molecule has 0 amide bonds. The van der Waals surface area contributed by atoms with E-state index in [1.54, 1.807) is 4.31 Å². The first-order valence-electron chi connectivity index (χ1n) is 9.67. The van der Waals surface area contributed by atoms with Gasteiger partial charge in [0.05, 0.1) is 0 Å². The second kappa shape index (κ2) is 9.12. The summed E-state index contributed by atoms with van der Waals surface area (Å²) in [6.07, 6.45) is 6.64. The average molecular weight is 366 g/mol. The van der Waals surface area contributed by atoms with E-state index in [4.69, 9.17) is 0 Å². The zero-order valence-corrected chi connectivity index (χ0v) is 15.9. The first-order valence-corrected chi connectivity index (χ1v) is 11.1.